The van der Waals surface area contributed by atoms with Crippen LogP contribution in [0.4, 0.5) is 5.82 Å². The van der Waals surface area contributed by atoms with Crippen molar-refractivity contribution in [2.24, 2.45) is 5.92 Å². The van der Waals surface area contributed by atoms with Crippen LogP contribution in [0.5, 0.6) is 5.88 Å². The Morgan fingerprint density at radius 3 is 2.68 bits per heavy atom. The number of rotatable bonds is 4. The van der Waals surface area contributed by atoms with Crippen molar-refractivity contribution < 1.29 is 4.74 Å². The van der Waals surface area contributed by atoms with Crippen molar-refractivity contribution in [3.63, 3.8) is 0 Å². The SMILES string of the molecule is N#Cc1nccnc1N1CCC(COc2ccccn2)CC1. The molecule has 0 amide bonds. The number of nitrogens with zero attached hydrogens (tertiary/aromatic N) is 5. The van der Waals surface area contributed by atoms with Crippen LogP contribution in [0, 0.1) is 17.2 Å². The summed E-state index contributed by atoms with van der Waals surface area (Å²) >= 11 is 0. The molecule has 0 bridgehead atoms. The summed E-state index contributed by atoms with van der Waals surface area (Å²) in [6.45, 7) is 2.41. The number of nitriles is 1. The van der Waals surface area contributed by atoms with Gasteiger partial charge in [-0.15, -0.1) is 0 Å². The fourth-order valence-corrected chi connectivity index (χ4v) is 2.59. The molecule has 3 heterocycles. The van der Waals surface area contributed by atoms with Gasteiger partial charge in [-0.25, -0.2) is 15.0 Å². The number of piperidine rings is 1. The fourth-order valence-electron chi connectivity index (χ4n) is 2.59. The minimum atomic E-state index is 0.394. The van der Waals surface area contributed by atoms with Crippen molar-refractivity contribution in [3.05, 3.63) is 42.5 Å². The lowest BCUT2D eigenvalue weighted by Gasteiger charge is -2.32. The Balaban J connectivity index is 1.53. The highest BCUT2D eigenvalue weighted by molar-refractivity contribution is 5.49. The monoisotopic (exact) mass is 295 g/mol. The molecule has 0 spiro atoms. The van der Waals surface area contributed by atoms with Crippen molar-refractivity contribution in [1.82, 2.24) is 15.0 Å². The lowest BCUT2D eigenvalue weighted by Crippen LogP contribution is -2.36. The third-order valence-electron chi connectivity index (χ3n) is 3.80. The smallest absolute Gasteiger partial charge is 0.213 e. The first-order chi connectivity index (χ1) is 10.9. The van der Waals surface area contributed by atoms with Gasteiger partial charge >= 0.3 is 0 Å². The fraction of sp³-hybridized carbons (Fsp3) is 0.375. The van der Waals surface area contributed by atoms with Crippen LogP contribution in [0.15, 0.2) is 36.8 Å². The van der Waals surface area contributed by atoms with E-state index in [1.54, 1.807) is 18.6 Å². The van der Waals surface area contributed by atoms with Gasteiger partial charge in [0.15, 0.2) is 11.5 Å². The van der Waals surface area contributed by atoms with Crippen LogP contribution >= 0.6 is 0 Å². The van der Waals surface area contributed by atoms with Gasteiger partial charge in [0.25, 0.3) is 0 Å². The molecule has 0 aromatic carbocycles. The molecule has 112 valence electrons. The van der Waals surface area contributed by atoms with E-state index in [1.165, 1.54) is 0 Å². The predicted octanol–water partition coefficient (Wildman–Crippen LogP) is 2.04. The second kappa shape index (κ2) is 6.85. The van der Waals surface area contributed by atoms with Crippen molar-refractivity contribution in [2.75, 3.05) is 24.6 Å². The molecule has 0 atom stereocenters. The van der Waals surface area contributed by atoms with Gasteiger partial charge in [0.05, 0.1) is 6.61 Å². The molecule has 2 aromatic rings. The van der Waals surface area contributed by atoms with Gasteiger partial charge in [-0.2, -0.15) is 5.26 Å². The van der Waals surface area contributed by atoms with E-state index in [0.29, 0.717) is 29.9 Å². The van der Waals surface area contributed by atoms with Crippen molar-refractivity contribution in [3.8, 4) is 11.9 Å². The van der Waals surface area contributed by atoms with Gasteiger partial charge in [0.1, 0.15) is 6.07 Å². The van der Waals surface area contributed by atoms with Crippen LogP contribution in [0.2, 0.25) is 0 Å². The first-order valence-electron chi connectivity index (χ1n) is 7.36. The molecule has 6 nitrogen and oxygen atoms in total. The standard InChI is InChI=1S/C16H17N5O/c17-11-14-16(20-8-7-18-14)21-9-4-13(5-10-21)12-22-15-3-1-2-6-19-15/h1-3,6-8,13H,4-5,9-10,12H2. The Kier molecular flexibility index (Phi) is 4.44. The zero-order valence-corrected chi connectivity index (χ0v) is 12.2. The first kappa shape index (κ1) is 14.3. The average molecular weight is 295 g/mol. The molecule has 0 aliphatic carbocycles. The lowest BCUT2D eigenvalue weighted by molar-refractivity contribution is 0.216. The third kappa shape index (κ3) is 3.31. The minimum Gasteiger partial charge on any atom is -0.477 e. The number of anilines is 1. The molecule has 1 aliphatic rings. The summed E-state index contributed by atoms with van der Waals surface area (Å²) < 4.78 is 5.72. The molecule has 1 aliphatic heterocycles. The summed E-state index contributed by atoms with van der Waals surface area (Å²) in [6, 6.07) is 7.76. The first-order valence-corrected chi connectivity index (χ1v) is 7.36. The summed E-state index contributed by atoms with van der Waals surface area (Å²) in [5, 5.41) is 9.11. The van der Waals surface area contributed by atoms with Gasteiger partial charge in [0.2, 0.25) is 5.88 Å². The quantitative estimate of drug-likeness (QED) is 0.859. The van der Waals surface area contributed by atoms with Crippen LogP contribution in [0.3, 0.4) is 0 Å². The van der Waals surface area contributed by atoms with Crippen LogP contribution in [0.1, 0.15) is 18.5 Å². The molecular weight excluding hydrogens is 278 g/mol. The topological polar surface area (TPSA) is 74.9 Å². The second-order valence-corrected chi connectivity index (χ2v) is 5.25. The predicted molar refractivity (Wildman–Crippen MR) is 81.4 cm³/mol. The van der Waals surface area contributed by atoms with Crippen LogP contribution in [-0.4, -0.2) is 34.6 Å². The number of hydrogen-bond acceptors (Lipinski definition) is 6. The van der Waals surface area contributed by atoms with Crippen molar-refractivity contribution >= 4 is 5.82 Å². The summed E-state index contributed by atoms with van der Waals surface area (Å²) in [5.74, 6) is 1.86. The Bertz CT molecular complexity index is 647. The zero-order chi connectivity index (χ0) is 15.2. The van der Waals surface area contributed by atoms with Crippen LogP contribution in [0.25, 0.3) is 0 Å². The van der Waals surface area contributed by atoms with Gasteiger partial charge in [-0.1, -0.05) is 6.07 Å². The molecule has 1 saturated heterocycles. The molecule has 6 heteroatoms. The number of aromatic nitrogens is 3. The van der Waals surface area contributed by atoms with E-state index in [9.17, 15) is 0 Å². The van der Waals surface area contributed by atoms with E-state index in [4.69, 9.17) is 10.00 Å². The summed E-state index contributed by atoms with van der Waals surface area (Å²) in [6.07, 6.45) is 6.93. The largest absolute Gasteiger partial charge is 0.477 e. The average Bonchev–Trinajstić information content (AvgIpc) is 2.61. The van der Waals surface area contributed by atoms with Crippen molar-refractivity contribution in [1.29, 1.82) is 5.26 Å². The summed E-state index contributed by atoms with van der Waals surface area (Å²) in [4.78, 5) is 14.6. The Labute approximate surface area is 129 Å². The molecule has 0 radical (unpaired) electrons. The van der Waals surface area contributed by atoms with Crippen LogP contribution < -0.4 is 9.64 Å². The normalized spacial score (nSPS) is 15.3. The van der Waals surface area contributed by atoms with Gasteiger partial charge in [-0.3, -0.25) is 0 Å². The van der Waals surface area contributed by atoms with E-state index in [0.717, 1.165) is 25.9 Å². The zero-order valence-electron chi connectivity index (χ0n) is 12.2. The van der Waals surface area contributed by atoms with Gasteiger partial charge < -0.3 is 9.64 Å². The molecule has 22 heavy (non-hydrogen) atoms. The van der Waals surface area contributed by atoms with E-state index >= 15 is 0 Å². The molecule has 2 aromatic heterocycles. The molecule has 0 unspecified atom stereocenters. The Morgan fingerprint density at radius 2 is 1.95 bits per heavy atom. The molecule has 0 N–H and O–H groups in total. The third-order valence-corrected chi connectivity index (χ3v) is 3.80. The maximum absolute atomic E-state index is 9.11. The summed E-state index contributed by atoms with van der Waals surface area (Å²) in [7, 11) is 0. The minimum absolute atomic E-state index is 0.394. The number of ether oxygens (including phenoxy) is 1. The maximum Gasteiger partial charge on any atom is 0.213 e. The number of pyridine rings is 1. The Morgan fingerprint density at radius 1 is 1.14 bits per heavy atom. The molecule has 0 saturated carbocycles. The van der Waals surface area contributed by atoms with Gasteiger partial charge in [0, 0.05) is 37.7 Å². The molecule has 1 fully saturated rings. The highest BCUT2D eigenvalue weighted by Gasteiger charge is 2.22. The molecule has 3 rings (SSSR count). The summed E-state index contributed by atoms with van der Waals surface area (Å²) in [5.41, 5.74) is 0.394. The Hall–Kier alpha value is -2.68. The van der Waals surface area contributed by atoms with E-state index in [2.05, 4.69) is 25.9 Å². The van der Waals surface area contributed by atoms with E-state index in [1.807, 2.05) is 18.2 Å². The van der Waals surface area contributed by atoms with Gasteiger partial charge in [-0.05, 0) is 24.8 Å². The van der Waals surface area contributed by atoms with E-state index < -0.39 is 0 Å². The van der Waals surface area contributed by atoms with E-state index in [-0.39, 0.29) is 0 Å². The highest BCUT2D eigenvalue weighted by atomic mass is 16.5. The lowest BCUT2D eigenvalue weighted by atomic mass is 9.98. The highest BCUT2D eigenvalue weighted by Crippen LogP contribution is 2.23. The second-order valence-electron chi connectivity index (χ2n) is 5.25. The maximum atomic E-state index is 9.11. The molecular formula is C16H17N5O. The van der Waals surface area contributed by atoms with Crippen LogP contribution in [-0.2, 0) is 0 Å². The van der Waals surface area contributed by atoms with Crippen molar-refractivity contribution in [2.45, 2.75) is 12.8 Å². The number of hydrogen-bond donors (Lipinski definition) is 0.